The lowest BCUT2D eigenvalue weighted by Crippen LogP contribution is -2.42. The summed E-state index contributed by atoms with van der Waals surface area (Å²) in [5.41, 5.74) is -0.171. The van der Waals surface area contributed by atoms with Crippen molar-refractivity contribution in [2.75, 3.05) is 19.6 Å². The normalized spacial score (nSPS) is 25.5. The van der Waals surface area contributed by atoms with E-state index in [4.69, 9.17) is 0 Å². The lowest BCUT2D eigenvalue weighted by molar-refractivity contribution is -0.149. The Kier molecular flexibility index (Phi) is 3.51. The van der Waals surface area contributed by atoms with Crippen molar-refractivity contribution in [3.63, 3.8) is 0 Å². The number of aliphatic carboxylic acids is 1. The van der Waals surface area contributed by atoms with Crippen LogP contribution in [0, 0.1) is 25.2 Å². The van der Waals surface area contributed by atoms with E-state index < -0.39 is 28.8 Å². The highest BCUT2D eigenvalue weighted by Gasteiger charge is 2.60. The van der Waals surface area contributed by atoms with Gasteiger partial charge in [0.15, 0.2) is 0 Å². The second kappa shape index (κ2) is 5.19. The van der Waals surface area contributed by atoms with Gasteiger partial charge in [-0.3, -0.25) is 19.2 Å². The number of rotatable bonds is 2. The van der Waals surface area contributed by atoms with Gasteiger partial charge in [-0.25, -0.2) is 0 Å². The summed E-state index contributed by atoms with van der Waals surface area (Å²) >= 11 is 0. The van der Waals surface area contributed by atoms with Crippen LogP contribution in [0.1, 0.15) is 21.6 Å². The van der Waals surface area contributed by atoms with E-state index in [0.717, 1.165) is 11.3 Å². The van der Waals surface area contributed by atoms with Gasteiger partial charge in [-0.05, 0) is 25.5 Å². The van der Waals surface area contributed by atoms with E-state index in [1.807, 2.05) is 0 Å². The summed E-state index contributed by atoms with van der Waals surface area (Å²) in [7, 11) is 1.59. The van der Waals surface area contributed by atoms with Gasteiger partial charge in [0.05, 0.1) is 5.92 Å². The molecular weight excluding hydrogens is 314 g/mol. The Hall–Kier alpha value is -2.64. The molecule has 0 saturated carbocycles. The first-order valence-corrected chi connectivity index (χ1v) is 7.66. The average Bonchev–Trinajstić information content (AvgIpc) is 3.07. The number of carboxylic acids is 1. The molecule has 3 heterocycles. The van der Waals surface area contributed by atoms with Gasteiger partial charge in [0, 0.05) is 32.4 Å². The van der Waals surface area contributed by atoms with E-state index in [2.05, 4.69) is 5.32 Å². The minimum atomic E-state index is -1.31. The van der Waals surface area contributed by atoms with Crippen LogP contribution in [0.15, 0.2) is 10.9 Å². The molecule has 0 bridgehead atoms. The van der Waals surface area contributed by atoms with Crippen molar-refractivity contribution in [2.24, 2.45) is 18.4 Å². The Morgan fingerprint density at radius 1 is 1.33 bits per heavy atom. The van der Waals surface area contributed by atoms with Crippen LogP contribution in [0.3, 0.4) is 0 Å². The topological polar surface area (TPSA) is 109 Å². The highest BCUT2D eigenvalue weighted by atomic mass is 16.4. The summed E-state index contributed by atoms with van der Waals surface area (Å²) in [4.78, 5) is 50.1. The zero-order valence-corrected chi connectivity index (χ0v) is 13.8. The molecule has 24 heavy (non-hydrogen) atoms. The fraction of sp³-hybridized carbons (Fsp3) is 0.500. The summed E-state index contributed by atoms with van der Waals surface area (Å²) in [6.07, 6.45) is 0. The monoisotopic (exact) mass is 333 g/mol. The Bertz CT molecular complexity index is 828. The number of carboxylic acid groups (broad SMARTS) is 1. The largest absolute Gasteiger partial charge is 0.481 e. The molecule has 128 valence electrons. The predicted octanol–water partition coefficient (Wildman–Crippen LogP) is -0.725. The summed E-state index contributed by atoms with van der Waals surface area (Å²) in [5, 5.41) is 12.1. The van der Waals surface area contributed by atoms with E-state index in [9.17, 15) is 24.3 Å². The fourth-order valence-electron chi connectivity index (χ4n) is 3.54. The van der Waals surface area contributed by atoms with Gasteiger partial charge in [0.25, 0.3) is 11.5 Å². The Labute approximate surface area is 138 Å². The first-order valence-electron chi connectivity index (χ1n) is 7.66. The number of amides is 2. The molecule has 1 aromatic heterocycles. The molecule has 2 saturated heterocycles. The number of hydrogen-bond acceptors (Lipinski definition) is 4. The number of aromatic nitrogens is 1. The molecule has 2 atom stereocenters. The van der Waals surface area contributed by atoms with Crippen LogP contribution < -0.4 is 10.9 Å². The molecule has 2 fully saturated rings. The van der Waals surface area contributed by atoms with Gasteiger partial charge in [-0.15, -0.1) is 0 Å². The number of nitrogens with one attached hydrogen (secondary N) is 1. The maximum Gasteiger partial charge on any atom is 0.314 e. The molecule has 2 amide bonds. The molecular formula is C16H19N3O5. The van der Waals surface area contributed by atoms with Crippen LogP contribution in [-0.4, -0.2) is 52.0 Å². The standard InChI is InChI=1S/C16H19N3O5/c1-8-4-10(13(21)18(3)9(8)2)14(22)19-5-11-12(20)17-6-16(11,7-19)15(23)24/h4,11H,5-7H2,1-3H3,(H,17,20)(H,23,24)/t11-,16+/m0/s1. The fourth-order valence-corrected chi connectivity index (χ4v) is 3.54. The lowest BCUT2D eigenvalue weighted by Gasteiger charge is -2.22. The van der Waals surface area contributed by atoms with Crippen LogP contribution in [0.2, 0.25) is 0 Å². The van der Waals surface area contributed by atoms with Crippen molar-refractivity contribution in [1.82, 2.24) is 14.8 Å². The highest BCUT2D eigenvalue weighted by molar-refractivity contribution is 5.98. The van der Waals surface area contributed by atoms with Crippen LogP contribution >= 0.6 is 0 Å². The smallest absolute Gasteiger partial charge is 0.314 e. The van der Waals surface area contributed by atoms with Crippen molar-refractivity contribution in [3.05, 3.63) is 33.2 Å². The zero-order chi connectivity index (χ0) is 17.8. The maximum atomic E-state index is 12.8. The van der Waals surface area contributed by atoms with Gasteiger partial charge in [0.2, 0.25) is 5.91 Å². The highest BCUT2D eigenvalue weighted by Crippen LogP contribution is 2.40. The van der Waals surface area contributed by atoms with Crippen LogP contribution in [0.5, 0.6) is 0 Å². The van der Waals surface area contributed by atoms with Crippen LogP contribution in [0.25, 0.3) is 0 Å². The number of carbonyl (C=O) groups is 3. The number of hydrogen-bond donors (Lipinski definition) is 2. The minimum Gasteiger partial charge on any atom is -0.481 e. The summed E-state index contributed by atoms with van der Waals surface area (Å²) < 4.78 is 1.40. The number of aryl methyl sites for hydroxylation is 1. The molecule has 2 N–H and O–H groups in total. The van der Waals surface area contributed by atoms with Gasteiger partial charge in [0.1, 0.15) is 11.0 Å². The first kappa shape index (κ1) is 16.2. The van der Waals surface area contributed by atoms with Crippen molar-refractivity contribution in [3.8, 4) is 0 Å². The molecule has 0 aromatic carbocycles. The molecule has 0 aliphatic carbocycles. The summed E-state index contributed by atoms with van der Waals surface area (Å²) in [6, 6.07) is 1.53. The first-order chi connectivity index (χ1) is 11.2. The van der Waals surface area contributed by atoms with Crippen molar-refractivity contribution >= 4 is 17.8 Å². The van der Waals surface area contributed by atoms with E-state index in [0.29, 0.717) is 0 Å². The molecule has 1 aromatic rings. The summed E-state index contributed by atoms with van der Waals surface area (Å²) in [5.74, 6) is -2.77. The van der Waals surface area contributed by atoms with Gasteiger partial charge in [-0.2, -0.15) is 0 Å². The number of fused-ring (bicyclic) bond motifs is 1. The number of carbonyl (C=O) groups excluding carboxylic acids is 2. The second-order valence-corrected chi connectivity index (χ2v) is 6.61. The Balaban J connectivity index is 1.98. The van der Waals surface area contributed by atoms with Gasteiger partial charge < -0.3 is 19.9 Å². The molecule has 2 aliphatic heterocycles. The molecule has 2 aliphatic rings. The van der Waals surface area contributed by atoms with Crippen LogP contribution in [0.4, 0.5) is 0 Å². The maximum absolute atomic E-state index is 12.8. The number of nitrogens with zero attached hydrogens (tertiary/aromatic N) is 2. The van der Waals surface area contributed by atoms with Crippen molar-refractivity contribution in [2.45, 2.75) is 13.8 Å². The second-order valence-electron chi connectivity index (χ2n) is 6.61. The molecule has 0 radical (unpaired) electrons. The quantitative estimate of drug-likeness (QED) is 0.742. The van der Waals surface area contributed by atoms with Crippen molar-refractivity contribution < 1.29 is 19.5 Å². The van der Waals surface area contributed by atoms with E-state index >= 15 is 0 Å². The summed E-state index contributed by atoms with van der Waals surface area (Å²) in [6.45, 7) is 3.51. The van der Waals surface area contributed by atoms with E-state index in [-0.39, 0.29) is 31.1 Å². The van der Waals surface area contributed by atoms with E-state index in [1.165, 1.54) is 15.5 Å². The average molecular weight is 333 g/mol. The zero-order valence-electron chi connectivity index (χ0n) is 13.8. The molecule has 0 unspecified atom stereocenters. The number of pyridine rings is 1. The number of likely N-dealkylation sites (tertiary alicyclic amines) is 1. The Morgan fingerprint density at radius 3 is 2.58 bits per heavy atom. The third-order valence-corrected chi connectivity index (χ3v) is 5.35. The van der Waals surface area contributed by atoms with E-state index in [1.54, 1.807) is 20.9 Å². The van der Waals surface area contributed by atoms with Crippen LogP contribution in [-0.2, 0) is 16.6 Å². The third kappa shape index (κ3) is 2.05. The third-order valence-electron chi connectivity index (χ3n) is 5.35. The van der Waals surface area contributed by atoms with Crippen molar-refractivity contribution in [1.29, 1.82) is 0 Å². The Morgan fingerprint density at radius 2 is 2.00 bits per heavy atom. The molecule has 3 rings (SSSR count). The predicted molar refractivity (Wildman–Crippen MR) is 83.6 cm³/mol. The van der Waals surface area contributed by atoms with Gasteiger partial charge >= 0.3 is 5.97 Å². The lowest BCUT2D eigenvalue weighted by atomic mass is 9.81. The van der Waals surface area contributed by atoms with Gasteiger partial charge in [-0.1, -0.05) is 0 Å². The molecule has 8 nitrogen and oxygen atoms in total. The molecule has 0 spiro atoms. The SMILES string of the molecule is Cc1cc(C(=O)N2C[C@H]3C(=O)NC[C@@]3(C(=O)O)C2)c(=O)n(C)c1C. The molecule has 8 heteroatoms. The minimum absolute atomic E-state index is 0.000545.